The van der Waals surface area contributed by atoms with Gasteiger partial charge in [-0.15, -0.1) is 11.8 Å². The highest BCUT2D eigenvalue weighted by molar-refractivity contribution is 7.98. The fraction of sp³-hybridized carbons (Fsp3) is 0.306. The molecule has 3 aromatic carbocycles. The summed E-state index contributed by atoms with van der Waals surface area (Å²) < 4.78 is 1.92. The molecule has 44 heavy (non-hydrogen) atoms. The molecule has 0 saturated carbocycles. The Balaban J connectivity index is 1.32. The summed E-state index contributed by atoms with van der Waals surface area (Å²) in [7, 11) is 0. The molecule has 2 aliphatic heterocycles. The first-order valence-corrected chi connectivity index (χ1v) is 16.3. The molecule has 0 radical (unpaired) electrons. The number of rotatable bonds is 6. The molecule has 2 atom stereocenters. The maximum atomic E-state index is 13.6. The molecule has 2 bridgehead atoms. The van der Waals surface area contributed by atoms with Gasteiger partial charge < -0.3 is 20.1 Å². The Morgan fingerprint density at radius 2 is 1.50 bits per heavy atom. The number of nitrogens with one attached hydrogen (secondary N) is 2. The van der Waals surface area contributed by atoms with Crippen molar-refractivity contribution in [2.75, 3.05) is 34.9 Å². The van der Waals surface area contributed by atoms with Crippen LogP contribution in [0.4, 0.5) is 17.1 Å². The SMILES string of the molecule is CSc1ccccc1NC(=O)c1ccc(N2CC3CC(C2)c2cccc(=O)n2C3)c(NC(=O)c2ccc(C(C)(C)C)cc2)c1. The number of nitrogens with zero attached hydrogens (tertiary/aromatic N) is 2. The van der Waals surface area contributed by atoms with E-state index in [1.807, 2.05) is 77.6 Å². The van der Waals surface area contributed by atoms with Crippen LogP contribution >= 0.6 is 11.8 Å². The van der Waals surface area contributed by atoms with Gasteiger partial charge in [0, 0.05) is 53.3 Å². The molecule has 4 aromatic rings. The van der Waals surface area contributed by atoms with E-state index in [9.17, 15) is 14.4 Å². The molecule has 1 saturated heterocycles. The van der Waals surface area contributed by atoms with Crippen molar-refractivity contribution in [1.82, 2.24) is 4.57 Å². The number of fused-ring (bicyclic) bond motifs is 4. The monoisotopic (exact) mass is 606 g/mol. The van der Waals surface area contributed by atoms with Crippen LogP contribution in [-0.2, 0) is 12.0 Å². The van der Waals surface area contributed by atoms with Crippen LogP contribution in [0.5, 0.6) is 0 Å². The number of para-hydroxylation sites is 1. The summed E-state index contributed by atoms with van der Waals surface area (Å²) in [6.45, 7) is 8.59. The van der Waals surface area contributed by atoms with Crippen molar-refractivity contribution in [3.05, 3.63) is 118 Å². The third-order valence-corrected chi connectivity index (χ3v) is 9.49. The molecular weight excluding hydrogens is 568 g/mol. The minimum atomic E-state index is -0.244. The molecule has 1 aromatic heterocycles. The number of hydrogen-bond donors (Lipinski definition) is 2. The lowest BCUT2D eigenvalue weighted by Crippen LogP contribution is -2.47. The van der Waals surface area contributed by atoms with E-state index in [2.05, 4.69) is 42.4 Å². The number of amides is 2. The summed E-state index contributed by atoms with van der Waals surface area (Å²) in [4.78, 5) is 42.9. The second-order valence-corrected chi connectivity index (χ2v) is 13.6. The average molecular weight is 607 g/mol. The van der Waals surface area contributed by atoms with Gasteiger partial charge in [0.15, 0.2) is 0 Å². The van der Waals surface area contributed by atoms with Crippen molar-refractivity contribution < 1.29 is 9.59 Å². The van der Waals surface area contributed by atoms with Gasteiger partial charge in [0.25, 0.3) is 17.4 Å². The molecule has 226 valence electrons. The molecule has 0 spiro atoms. The third-order valence-electron chi connectivity index (χ3n) is 8.70. The Kier molecular flexibility index (Phi) is 8.12. The van der Waals surface area contributed by atoms with Crippen LogP contribution in [0.1, 0.15) is 65.1 Å². The Morgan fingerprint density at radius 3 is 2.25 bits per heavy atom. The lowest BCUT2D eigenvalue weighted by Gasteiger charge is -2.44. The van der Waals surface area contributed by atoms with Gasteiger partial charge in [0.1, 0.15) is 0 Å². The zero-order chi connectivity index (χ0) is 31.0. The van der Waals surface area contributed by atoms with Gasteiger partial charge in [0.2, 0.25) is 0 Å². The van der Waals surface area contributed by atoms with Crippen molar-refractivity contribution in [2.45, 2.75) is 50.0 Å². The topological polar surface area (TPSA) is 83.4 Å². The molecule has 3 heterocycles. The number of carbonyl (C=O) groups excluding carboxylic acids is 2. The third kappa shape index (κ3) is 6.04. The Hall–Kier alpha value is -4.30. The standard InChI is InChI=1S/C36H38N4O3S/c1-36(2,3)27-15-12-24(13-16-27)34(42)38-29-19-25(35(43)37-28-8-5-6-10-32(28)44-4)14-17-31(29)39-20-23-18-26(22-39)30-9-7-11-33(41)40(30)21-23/h5-17,19,23,26H,18,20-22H2,1-4H3,(H,37,43)(H,38,42). The minimum Gasteiger partial charge on any atom is -0.369 e. The maximum Gasteiger partial charge on any atom is 0.255 e. The second-order valence-electron chi connectivity index (χ2n) is 12.8. The highest BCUT2D eigenvalue weighted by Gasteiger charge is 2.35. The lowest BCUT2D eigenvalue weighted by atomic mass is 9.83. The van der Waals surface area contributed by atoms with E-state index in [-0.39, 0.29) is 28.7 Å². The second kappa shape index (κ2) is 12.0. The van der Waals surface area contributed by atoms with Gasteiger partial charge in [-0.1, -0.05) is 51.1 Å². The molecule has 2 unspecified atom stereocenters. The van der Waals surface area contributed by atoms with Crippen molar-refractivity contribution in [3.8, 4) is 0 Å². The van der Waals surface area contributed by atoms with Gasteiger partial charge in [-0.05, 0) is 78.1 Å². The number of hydrogen-bond acceptors (Lipinski definition) is 5. The Bertz CT molecular complexity index is 1770. The van der Waals surface area contributed by atoms with Crippen LogP contribution in [0, 0.1) is 5.92 Å². The number of pyridine rings is 1. The fourth-order valence-electron chi connectivity index (χ4n) is 6.40. The van der Waals surface area contributed by atoms with Gasteiger partial charge in [-0.3, -0.25) is 14.4 Å². The average Bonchev–Trinajstić information content (AvgIpc) is 3.01. The molecule has 1 fully saturated rings. The van der Waals surface area contributed by atoms with E-state index >= 15 is 0 Å². The van der Waals surface area contributed by atoms with Crippen LogP contribution in [0.3, 0.4) is 0 Å². The summed E-state index contributed by atoms with van der Waals surface area (Å²) in [5, 5.41) is 6.18. The van der Waals surface area contributed by atoms with Crippen LogP contribution in [-0.4, -0.2) is 35.7 Å². The highest BCUT2D eigenvalue weighted by Crippen LogP contribution is 2.39. The molecular formula is C36H38N4O3S. The van der Waals surface area contributed by atoms with Crippen LogP contribution in [0.2, 0.25) is 0 Å². The van der Waals surface area contributed by atoms with Gasteiger partial charge in [0.05, 0.1) is 17.1 Å². The molecule has 2 N–H and O–H groups in total. The van der Waals surface area contributed by atoms with Crippen molar-refractivity contribution >= 4 is 40.6 Å². The van der Waals surface area contributed by atoms with Crippen molar-refractivity contribution in [2.24, 2.45) is 5.92 Å². The molecule has 7 nitrogen and oxygen atoms in total. The molecule has 8 heteroatoms. The molecule has 2 aliphatic rings. The number of carbonyl (C=O) groups is 2. The van der Waals surface area contributed by atoms with E-state index in [1.54, 1.807) is 23.9 Å². The smallest absolute Gasteiger partial charge is 0.255 e. The summed E-state index contributed by atoms with van der Waals surface area (Å²) in [5.74, 6) is 0.0368. The predicted octanol–water partition coefficient (Wildman–Crippen LogP) is 7.00. The number of piperidine rings is 1. The number of anilines is 3. The maximum absolute atomic E-state index is 13.6. The van der Waals surface area contributed by atoms with Crippen LogP contribution in [0.15, 0.2) is 94.6 Å². The summed E-state index contributed by atoms with van der Waals surface area (Å²) in [6, 6.07) is 26.4. The Morgan fingerprint density at radius 1 is 0.795 bits per heavy atom. The minimum absolute atomic E-state index is 0.0190. The summed E-state index contributed by atoms with van der Waals surface area (Å²) in [5.41, 5.74) is 5.46. The van der Waals surface area contributed by atoms with Crippen LogP contribution < -0.4 is 21.1 Å². The fourth-order valence-corrected chi connectivity index (χ4v) is 6.96. The first-order valence-electron chi connectivity index (χ1n) is 15.1. The largest absolute Gasteiger partial charge is 0.369 e. The lowest BCUT2D eigenvalue weighted by molar-refractivity contribution is 0.101. The molecule has 6 rings (SSSR count). The van der Waals surface area contributed by atoms with E-state index in [1.165, 1.54) is 0 Å². The quantitative estimate of drug-likeness (QED) is 0.231. The van der Waals surface area contributed by atoms with E-state index in [0.717, 1.165) is 47.0 Å². The van der Waals surface area contributed by atoms with Crippen molar-refractivity contribution in [3.63, 3.8) is 0 Å². The first-order chi connectivity index (χ1) is 21.1. The predicted molar refractivity (Wildman–Crippen MR) is 179 cm³/mol. The number of thioether (sulfide) groups is 1. The number of benzene rings is 3. The highest BCUT2D eigenvalue weighted by atomic mass is 32.2. The van der Waals surface area contributed by atoms with Gasteiger partial charge >= 0.3 is 0 Å². The zero-order valence-corrected chi connectivity index (χ0v) is 26.4. The molecule has 2 amide bonds. The van der Waals surface area contributed by atoms with Gasteiger partial charge in [-0.2, -0.15) is 0 Å². The first kappa shape index (κ1) is 29.8. The van der Waals surface area contributed by atoms with E-state index < -0.39 is 0 Å². The van der Waals surface area contributed by atoms with E-state index in [4.69, 9.17) is 0 Å². The van der Waals surface area contributed by atoms with Crippen LogP contribution in [0.25, 0.3) is 0 Å². The Labute approximate surface area is 262 Å². The number of aromatic nitrogens is 1. The van der Waals surface area contributed by atoms with Crippen molar-refractivity contribution in [1.29, 1.82) is 0 Å². The van der Waals surface area contributed by atoms with E-state index in [0.29, 0.717) is 29.3 Å². The normalized spacial score (nSPS) is 17.5. The zero-order valence-electron chi connectivity index (χ0n) is 25.6. The summed E-state index contributed by atoms with van der Waals surface area (Å²) in [6.07, 6.45) is 3.00. The van der Waals surface area contributed by atoms with Gasteiger partial charge in [-0.25, -0.2) is 0 Å². The summed E-state index contributed by atoms with van der Waals surface area (Å²) >= 11 is 1.57. The molecule has 0 aliphatic carbocycles.